The van der Waals surface area contributed by atoms with Crippen LogP contribution < -0.4 is 4.74 Å². The largest absolute Gasteiger partial charge is 2.00 e. The van der Waals surface area contributed by atoms with Crippen molar-refractivity contribution in [2.75, 3.05) is 20.2 Å². The third kappa shape index (κ3) is 7.40. The summed E-state index contributed by atoms with van der Waals surface area (Å²) in [5, 5.41) is 11.0. The van der Waals surface area contributed by atoms with Gasteiger partial charge in [0.15, 0.2) is 0 Å². The number of hydrogen-bond acceptors (Lipinski definition) is 10. The molecule has 42 heavy (non-hydrogen) atoms. The van der Waals surface area contributed by atoms with Gasteiger partial charge in [0.25, 0.3) is 6.43 Å². The van der Waals surface area contributed by atoms with Crippen LogP contribution in [0.25, 0.3) is 11.1 Å². The second kappa shape index (κ2) is 14.5. The first-order valence-electron chi connectivity index (χ1n) is 12.5. The molecular formula is C28H22F2N6NiO3S2. The molecule has 0 N–H and O–H groups in total. The van der Waals surface area contributed by atoms with Crippen molar-refractivity contribution in [2.24, 2.45) is 0 Å². The number of hydrogen-bond donors (Lipinski definition) is 0. The molecule has 9 nitrogen and oxygen atoms in total. The summed E-state index contributed by atoms with van der Waals surface area (Å²) in [5.74, 6) is 7.16. The van der Waals surface area contributed by atoms with Gasteiger partial charge in [-0.2, -0.15) is 0 Å². The average Bonchev–Trinajstić information content (AvgIpc) is 3.40. The normalized spacial score (nSPS) is 17.0. The molecule has 1 saturated carbocycles. The predicted octanol–water partition coefficient (Wildman–Crippen LogP) is 4.58. The summed E-state index contributed by atoms with van der Waals surface area (Å²) < 4.78 is 31.3. The first-order chi connectivity index (χ1) is 20.0. The van der Waals surface area contributed by atoms with Gasteiger partial charge in [-0.05, 0) is 40.8 Å². The average molecular weight is 651 g/mol. The molecular weight excluding hydrogens is 629 g/mol. The zero-order valence-corrected chi connectivity index (χ0v) is 24.6. The second-order valence-electron chi connectivity index (χ2n) is 9.14. The van der Waals surface area contributed by atoms with Crippen LogP contribution in [-0.2, 0) is 26.1 Å². The number of alkyl halides is 2. The van der Waals surface area contributed by atoms with Gasteiger partial charge in [0.2, 0.25) is 5.91 Å². The standard InChI is InChI=1S/C20H16F2N3O3.C8H6N3S2.Ni/c1-28-18-11-24-17(20(21)22)9-16(18)15-8-14(23-10-13(15)12-26)4-2-6-25-7-3-5-19(25)27;1-5(7-2-12-3-9-7)6(1)8-11-10-4-13-8;/h8-11,20H,3,5-7H2,1H3;2-3,5-6H,1H2;/q2*-1;+2/t;5-,6?;/m.0./s1. The number of carbonyl (C=O) groups is 1. The van der Waals surface area contributed by atoms with Crippen molar-refractivity contribution >= 4 is 34.9 Å². The topological polar surface area (TPSA) is 111 Å². The van der Waals surface area contributed by atoms with E-state index in [1.807, 2.05) is 5.51 Å². The van der Waals surface area contributed by atoms with Gasteiger partial charge in [0.05, 0.1) is 43.0 Å². The Morgan fingerprint density at radius 3 is 2.71 bits per heavy atom. The van der Waals surface area contributed by atoms with Crippen molar-refractivity contribution in [1.29, 1.82) is 0 Å². The van der Waals surface area contributed by atoms with Crippen molar-refractivity contribution < 1.29 is 39.6 Å². The van der Waals surface area contributed by atoms with Gasteiger partial charge in [0.1, 0.15) is 11.4 Å². The zero-order valence-electron chi connectivity index (χ0n) is 22.0. The molecule has 1 aliphatic carbocycles. The molecule has 0 aromatic carbocycles. The van der Waals surface area contributed by atoms with Gasteiger partial charge in [-0.15, -0.1) is 22.5 Å². The van der Waals surface area contributed by atoms with Gasteiger partial charge in [-0.25, -0.2) is 13.8 Å². The van der Waals surface area contributed by atoms with E-state index < -0.39 is 12.1 Å². The van der Waals surface area contributed by atoms with Crippen LogP contribution in [0, 0.1) is 17.4 Å². The van der Waals surface area contributed by atoms with Gasteiger partial charge < -0.3 is 30.8 Å². The van der Waals surface area contributed by atoms with E-state index in [2.05, 4.69) is 47.9 Å². The molecule has 0 radical (unpaired) electrons. The Hall–Kier alpha value is -3.66. The van der Waals surface area contributed by atoms with Crippen molar-refractivity contribution in [3.63, 3.8) is 0 Å². The fourth-order valence-corrected chi connectivity index (χ4v) is 5.67. The van der Waals surface area contributed by atoms with E-state index in [-0.39, 0.29) is 45.8 Å². The molecule has 1 unspecified atom stereocenters. The Labute approximate surface area is 258 Å². The fraction of sp³-hybridized carbons (Fsp3) is 0.321. The Morgan fingerprint density at radius 1 is 1.21 bits per heavy atom. The summed E-state index contributed by atoms with van der Waals surface area (Å²) in [5.41, 5.74) is 6.44. The number of pyridine rings is 2. The molecule has 2 fully saturated rings. The van der Waals surface area contributed by atoms with E-state index >= 15 is 0 Å². The maximum absolute atomic E-state index is 13.1. The fourth-order valence-electron chi connectivity index (χ4n) is 4.38. The molecule has 4 aromatic heterocycles. The number of carbonyl (C=O) groups excluding carboxylic acids is 2. The molecule has 5 heterocycles. The van der Waals surface area contributed by atoms with E-state index in [0.717, 1.165) is 11.4 Å². The van der Waals surface area contributed by atoms with E-state index in [9.17, 15) is 18.4 Å². The Kier molecular flexibility index (Phi) is 10.8. The van der Waals surface area contributed by atoms with Crippen LogP contribution in [-0.4, -0.2) is 62.4 Å². The molecule has 0 spiro atoms. The first-order valence-corrected chi connectivity index (χ1v) is 14.3. The number of halogens is 2. The molecule has 4 aromatic rings. The maximum Gasteiger partial charge on any atom is 2.00 e. The van der Waals surface area contributed by atoms with Gasteiger partial charge in [-0.1, -0.05) is 30.1 Å². The van der Waals surface area contributed by atoms with Crippen molar-refractivity contribution in [2.45, 2.75) is 37.5 Å². The number of amides is 1. The number of likely N-dealkylation sites (tertiary alicyclic amines) is 1. The van der Waals surface area contributed by atoms with Gasteiger partial charge >= 0.3 is 16.5 Å². The van der Waals surface area contributed by atoms with Crippen LogP contribution >= 0.6 is 22.7 Å². The quantitative estimate of drug-likeness (QED) is 0.162. The molecule has 1 saturated heterocycles. The Balaban J connectivity index is 0.000000239. The van der Waals surface area contributed by atoms with Crippen LogP contribution in [0.1, 0.15) is 65.2 Å². The molecule has 0 bridgehead atoms. The minimum absolute atomic E-state index is 0. The SMILES string of the molecule is COc1cnc(C(F)F)cc1-c1cc(C#CCN2CCCC2=O)ncc1[C-]=O.[Ni+2].[c-]1nnc(C2C[C@@H]2c2cscn2)s1. The minimum Gasteiger partial charge on any atom is -0.496 e. The Morgan fingerprint density at radius 2 is 2.07 bits per heavy atom. The predicted molar refractivity (Wildman–Crippen MR) is 147 cm³/mol. The summed E-state index contributed by atoms with van der Waals surface area (Å²) in [7, 11) is 1.38. The number of ether oxygens (including phenoxy) is 1. The summed E-state index contributed by atoms with van der Waals surface area (Å²) in [6, 6.07) is 2.67. The Bertz CT molecular complexity index is 1540. The number of thiazole rings is 1. The van der Waals surface area contributed by atoms with E-state index in [4.69, 9.17) is 4.74 Å². The minimum atomic E-state index is -2.77. The summed E-state index contributed by atoms with van der Waals surface area (Å²) in [6.07, 6.45) is 3.95. The van der Waals surface area contributed by atoms with Crippen LogP contribution in [0.2, 0.25) is 0 Å². The summed E-state index contributed by atoms with van der Waals surface area (Å²) in [4.78, 5) is 36.6. The maximum atomic E-state index is 13.1. The zero-order chi connectivity index (χ0) is 28.8. The van der Waals surface area contributed by atoms with Crippen molar-refractivity contribution in [3.8, 4) is 28.7 Å². The molecule has 1 aliphatic heterocycles. The van der Waals surface area contributed by atoms with Crippen LogP contribution in [0.3, 0.4) is 0 Å². The first kappa shape index (κ1) is 31.3. The van der Waals surface area contributed by atoms with Gasteiger partial charge in [0, 0.05) is 18.3 Å². The molecule has 218 valence electrons. The van der Waals surface area contributed by atoms with Crippen molar-refractivity contribution in [1.82, 2.24) is 30.0 Å². The number of methoxy groups -OCH3 is 1. The smallest absolute Gasteiger partial charge is 0.496 e. The summed E-state index contributed by atoms with van der Waals surface area (Å²) >= 11 is 3.18. The third-order valence-corrected chi connectivity index (χ3v) is 7.94. The van der Waals surface area contributed by atoms with E-state index in [0.29, 0.717) is 36.1 Å². The van der Waals surface area contributed by atoms with Crippen LogP contribution in [0.4, 0.5) is 8.78 Å². The third-order valence-electron chi connectivity index (χ3n) is 6.57. The van der Waals surface area contributed by atoms with Gasteiger partial charge in [-0.3, -0.25) is 20.0 Å². The summed E-state index contributed by atoms with van der Waals surface area (Å²) in [6.45, 7) is 0.960. The molecule has 2 atom stereocenters. The number of rotatable bonds is 7. The van der Waals surface area contributed by atoms with Crippen LogP contribution in [0.5, 0.6) is 5.75 Å². The molecule has 1 amide bonds. The van der Waals surface area contributed by atoms with Crippen LogP contribution in [0.15, 0.2) is 35.4 Å². The monoisotopic (exact) mass is 650 g/mol. The molecule has 6 rings (SSSR count). The van der Waals surface area contributed by atoms with E-state index in [1.54, 1.807) is 22.5 Å². The number of aromatic nitrogens is 5. The number of nitrogens with zero attached hydrogens (tertiary/aromatic N) is 6. The molecule has 14 heteroatoms. The molecule has 2 aliphatic rings. The second-order valence-corrected chi connectivity index (χ2v) is 10.7. The van der Waals surface area contributed by atoms with E-state index in [1.165, 1.54) is 55.1 Å². The van der Waals surface area contributed by atoms with Crippen molar-refractivity contribution in [3.05, 3.63) is 68.6 Å².